The fourth-order valence-corrected chi connectivity index (χ4v) is 3.08. The van der Waals surface area contributed by atoms with Crippen molar-refractivity contribution >= 4 is 35.5 Å². The molecular formula is C20H14N2O7. The fourth-order valence-electron chi connectivity index (χ4n) is 3.08. The summed E-state index contributed by atoms with van der Waals surface area (Å²) in [5.74, 6) is -2.34. The minimum absolute atomic E-state index is 0.109. The Kier molecular flexibility index (Phi) is 4.55. The summed E-state index contributed by atoms with van der Waals surface area (Å²) in [7, 11) is 0. The Morgan fingerprint density at radius 3 is 2.10 bits per heavy atom. The molecule has 0 spiro atoms. The molecule has 1 saturated heterocycles. The number of imide groups is 2. The van der Waals surface area contributed by atoms with Crippen LogP contribution in [0.1, 0.15) is 31.1 Å². The molecule has 4 rings (SSSR count). The van der Waals surface area contributed by atoms with Gasteiger partial charge in [-0.2, -0.15) is 0 Å². The second kappa shape index (κ2) is 7.19. The van der Waals surface area contributed by atoms with E-state index in [0.717, 1.165) is 9.80 Å². The average Bonchev–Trinajstić information content (AvgIpc) is 3.28. The molecule has 0 atom stereocenters. The van der Waals surface area contributed by atoms with E-state index in [9.17, 15) is 24.0 Å². The molecule has 0 unspecified atom stereocenters. The maximum atomic E-state index is 12.5. The number of hydrogen-bond donors (Lipinski definition) is 0. The number of carbonyl (C=O) groups is 5. The van der Waals surface area contributed by atoms with Crippen LogP contribution in [0.3, 0.4) is 0 Å². The highest BCUT2D eigenvalue weighted by molar-refractivity contribution is 6.34. The van der Waals surface area contributed by atoms with E-state index >= 15 is 0 Å². The van der Waals surface area contributed by atoms with Gasteiger partial charge in [0, 0.05) is 0 Å². The van der Waals surface area contributed by atoms with Gasteiger partial charge in [-0.3, -0.25) is 14.4 Å². The largest absolute Gasteiger partial charge is 0.452 e. The number of amides is 4. The number of nitrogens with zero attached hydrogens (tertiary/aromatic N) is 2. The molecule has 1 fully saturated rings. The van der Waals surface area contributed by atoms with Crippen LogP contribution in [0, 0.1) is 0 Å². The van der Waals surface area contributed by atoms with Gasteiger partial charge in [0.2, 0.25) is 0 Å². The van der Waals surface area contributed by atoms with Gasteiger partial charge in [-0.15, -0.1) is 0 Å². The van der Waals surface area contributed by atoms with Crippen molar-refractivity contribution in [1.29, 1.82) is 0 Å². The predicted molar refractivity (Wildman–Crippen MR) is 97.4 cm³/mol. The van der Waals surface area contributed by atoms with Gasteiger partial charge in [-0.25, -0.2) is 19.4 Å². The smallest absolute Gasteiger partial charge is 0.416 e. The van der Waals surface area contributed by atoms with Crippen LogP contribution in [0.25, 0.3) is 0 Å². The lowest BCUT2D eigenvalue weighted by Gasteiger charge is -2.14. The zero-order chi connectivity index (χ0) is 20.5. The number of ether oxygens (including phenoxy) is 2. The van der Waals surface area contributed by atoms with E-state index in [-0.39, 0.29) is 18.7 Å². The molecule has 0 saturated carbocycles. The van der Waals surface area contributed by atoms with Crippen molar-refractivity contribution < 1.29 is 33.4 Å². The third-order valence-corrected chi connectivity index (χ3v) is 4.54. The van der Waals surface area contributed by atoms with E-state index in [2.05, 4.69) is 4.74 Å². The van der Waals surface area contributed by atoms with Crippen molar-refractivity contribution in [2.45, 2.75) is 0 Å². The van der Waals surface area contributed by atoms with Crippen molar-refractivity contribution in [2.75, 3.05) is 24.7 Å². The average molecular weight is 394 g/mol. The molecule has 4 amide bonds. The Morgan fingerprint density at radius 2 is 1.55 bits per heavy atom. The van der Waals surface area contributed by atoms with Crippen LogP contribution in [0.4, 0.5) is 10.5 Å². The first kappa shape index (κ1) is 18.4. The van der Waals surface area contributed by atoms with E-state index < -0.39 is 36.4 Å². The molecule has 0 N–H and O–H groups in total. The lowest BCUT2D eigenvalue weighted by molar-refractivity contribution is -0.131. The molecule has 0 aliphatic carbocycles. The summed E-state index contributed by atoms with van der Waals surface area (Å²) in [6.07, 6.45) is -0.767. The van der Waals surface area contributed by atoms with Crippen molar-refractivity contribution in [3.05, 3.63) is 65.2 Å². The second-order valence-corrected chi connectivity index (χ2v) is 6.27. The summed E-state index contributed by atoms with van der Waals surface area (Å²) >= 11 is 0. The van der Waals surface area contributed by atoms with E-state index in [1.807, 2.05) is 0 Å². The van der Waals surface area contributed by atoms with Gasteiger partial charge < -0.3 is 9.47 Å². The summed E-state index contributed by atoms with van der Waals surface area (Å²) in [6.45, 7) is -0.379. The molecule has 2 aliphatic heterocycles. The highest BCUT2D eigenvalue weighted by Gasteiger charge is 2.36. The minimum Gasteiger partial charge on any atom is -0.452 e. The van der Waals surface area contributed by atoms with Gasteiger partial charge in [0.15, 0.2) is 6.61 Å². The molecule has 2 aliphatic rings. The summed E-state index contributed by atoms with van der Waals surface area (Å²) in [4.78, 5) is 62.2. The van der Waals surface area contributed by atoms with E-state index in [0.29, 0.717) is 16.8 Å². The van der Waals surface area contributed by atoms with E-state index in [4.69, 9.17) is 4.74 Å². The van der Waals surface area contributed by atoms with E-state index in [1.54, 1.807) is 24.3 Å². The fraction of sp³-hybridized carbons (Fsp3) is 0.150. The second-order valence-electron chi connectivity index (χ2n) is 6.27. The molecule has 0 aromatic heterocycles. The number of rotatable bonds is 4. The lowest BCUT2D eigenvalue weighted by atomic mass is 10.1. The topological polar surface area (TPSA) is 110 Å². The van der Waals surface area contributed by atoms with Gasteiger partial charge >= 0.3 is 12.1 Å². The SMILES string of the molecule is O=C(OCC(=O)N1CCOC1=O)c1ccc(N2C(=O)c3ccccc3C2=O)cc1. The Bertz CT molecular complexity index is 1010. The molecular weight excluding hydrogens is 380 g/mol. The molecule has 2 aromatic rings. The van der Waals surface area contributed by atoms with Gasteiger partial charge in [0.25, 0.3) is 17.7 Å². The standard InChI is InChI=1S/C20H14N2O7/c23-16(21-9-10-28-20(21)27)11-29-19(26)12-5-7-13(8-6-12)22-17(24)14-3-1-2-4-15(14)18(22)25/h1-8H,9-11H2. The monoisotopic (exact) mass is 394 g/mol. The Balaban J connectivity index is 1.42. The number of anilines is 1. The third kappa shape index (κ3) is 3.22. The zero-order valence-electron chi connectivity index (χ0n) is 15.0. The van der Waals surface area contributed by atoms with Crippen molar-refractivity contribution in [1.82, 2.24) is 4.90 Å². The van der Waals surface area contributed by atoms with E-state index in [1.165, 1.54) is 24.3 Å². The van der Waals surface area contributed by atoms with Crippen LogP contribution in [0.15, 0.2) is 48.5 Å². The van der Waals surface area contributed by atoms with Crippen molar-refractivity contribution in [3.8, 4) is 0 Å². The molecule has 2 heterocycles. The molecule has 9 nitrogen and oxygen atoms in total. The summed E-state index contributed by atoms with van der Waals surface area (Å²) in [5, 5.41) is 0. The minimum atomic E-state index is -0.778. The molecule has 146 valence electrons. The lowest BCUT2D eigenvalue weighted by Crippen LogP contribution is -2.35. The third-order valence-electron chi connectivity index (χ3n) is 4.54. The van der Waals surface area contributed by atoms with Gasteiger partial charge in [-0.05, 0) is 36.4 Å². The molecule has 2 aromatic carbocycles. The van der Waals surface area contributed by atoms with Gasteiger partial charge in [0.05, 0.1) is 28.9 Å². The first-order chi connectivity index (χ1) is 14.0. The van der Waals surface area contributed by atoms with Crippen LogP contribution in [0.5, 0.6) is 0 Å². The highest BCUT2D eigenvalue weighted by atomic mass is 16.6. The highest BCUT2D eigenvalue weighted by Crippen LogP contribution is 2.28. The summed E-state index contributed by atoms with van der Waals surface area (Å²) < 4.78 is 9.57. The summed E-state index contributed by atoms with van der Waals surface area (Å²) in [6, 6.07) is 12.2. The number of fused-ring (bicyclic) bond motifs is 1. The number of hydrogen-bond acceptors (Lipinski definition) is 7. The normalized spacial score (nSPS) is 15.4. The molecule has 0 radical (unpaired) electrons. The van der Waals surface area contributed by atoms with Crippen LogP contribution >= 0.6 is 0 Å². The number of esters is 1. The van der Waals surface area contributed by atoms with Gasteiger partial charge in [0.1, 0.15) is 6.61 Å². The first-order valence-electron chi connectivity index (χ1n) is 8.69. The Labute approximate surface area is 164 Å². The summed E-state index contributed by atoms with van der Waals surface area (Å²) in [5.41, 5.74) is 1.07. The van der Waals surface area contributed by atoms with Crippen molar-refractivity contribution in [2.24, 2.45) is 0 Å². The maximum absolute atomic E-state index is 12.5. The first-order valence-corrected chi connectivity index (χ1v) is 8.69. The number of cyclic esters (lactones) is 1. The number of carbonyl (C=O) groups excluding carboxylic acids is 5. The van der Waals surface area contributed by atoms with Crippen LogP contribution in [0.2, 0.25) is 0 Å². The van der Waals surface area contributed by atoms with Gasteiger partial charge in [-0.1, -0.05) is 12.1 Å². The number of benzene rings is 2. The molecule has 9 heteroatoms. The van der Waals surface area contributed by atoms with Crippen LogP contribution in [-0.4, -0.2) is 54.4 Å². The molecule has 0 bridgehead atoms. The van der Waals surface area contributed by atoms with Crippen LogP contribution in [-0.2, 0) is 14.3 Å². The maximum Gasteiger partial charge on any atom is 0.416 e. The van der Waals surface area contributed by atoms with Crippen LogP contribution < -0.4 is 4.90 Å². The Hall–Kier alpha value is -4.01. The zero-order valence-corrected chi connectivity index (χ0v) is 15.0. The predicted octanol–water partition coefficient (Wildman–Crippen LogP) is 1.62. The molecule has 29 heavy (non-hydrogen) atoms. The Morgan fingerprint density at radius 1 is 0.931 bits per heavy atom. The van der Waals surface area contributed by atoms with Crippen molar-refractivity contribution in [3.63, 3.8) is 0 Å². The quantitative estimate of drug-likeness (QED) is 0.572.